The number of carbonyl (C=O) groups is 1. The van der Waals surface area contributed by atoms with Crippen molar-refractivity contribution < 1.29 is 9.53 Å². The van der Waals surface area contributed by atoms with Crippen LogP contribution in [0.15, 0.2) is 22.7 Å². The van der Waals surface area contributed by atoms with Crippen molar-refractivity contribution >= 4 is 21.7 Å². The van der Waals surface area contributed by atoms with E-state index in [9.17, 15) is 4.79 Å². The van der Waals surface area contributed by atoms with Crippen LogP contribution < -0.4 is 4.74 Å². The van der Waals surface area contributed by atoms with Gasteiger partial charge in [-0.05, 0) is 30.7 Å². The molecule has 0 aliphatic carbocycles. The molecule has 1 aromatic carbocycles. The second kappa shape index (κ2) is 5.91. The first-order valence-corrected chi connectivity index (χ1v) is 5.89. The highest BCUT2D eigenvalue weighted by atomic mass is 79.9. The van der Waals surface area contributed by atoms with Gasteiger partial charge in [0, 0.05) is 17.3 Å². The zero-order valence-corrected chi connectivity index (χ0v) is 10.6. The Morgan fingerprint density at radius 1 is 1.40 bits per heavy atom. The number of ketones is 1. The molecule has 15 heavy (non-hydrogen) atoms. The summed E-state index contributed by atoms with van der Waals surface area (Å²) in [5.41, 5.74) is 0.993. The molecule has 0 unspecified atom stereocenters. The van der Waals surface area contributed by atoms with Gasteiger partial charge in [-0.3, -0.25) is 4.79 Å². The van der Waals surface area contributed by atoms with Gasteiger partial charge in [0.05, 0.1) is 6.61 Å². The molecule has 0 heterocycles. The van der Waals surface area contributed by atoms with Gasteiger partial charge in [0.2, 0.25) is 0 Å². The third kappa shape index (κ3) is 3.67. The summed E-state index contributed by atoms with van der Waals surface area (Å²) in [6, 6.07) is 5.73. The van der Waals surface area contributed by atoms with Gasteiger partial charge in [0.25, 0.3) is 0 Å². The van der Waals surface area contributed by atoms with Crippen LogP contribution in [0.3, 0.4) is 0 Å². The van der Waals surface area contributed by atoms with Crippen molar-refractivity contribution in [2.24, 2.45) is 0 Å². The van der Waals surface area contributed by atoms with Crippen LogP contribution in [0.5, 0.6) is 5.75 Å². The maximum absolute atomic E-state index is 11.3. The van der Waals surface area contributed by atoms with E-state index < -0.39 is 0 Å². The third-order valence-corrected chi connectivity index (χ3v) is 2.88. The average Bonchev–Trinajstić information content (AvgIpc) is 2.23. The van der Waals surface area contributed by atoms with E-state index in [1.807, 2.05) is 32.0 Å². The summed E-state index contributed by atoms with van der Waals surface area (Å²) in [7, 11) is 0. The molecule has 0 bridgehead atoms. The monoisotopic (exact) mass is 270 g/mol. The molecule has 2 nitrogen and oxygen atoms in total. The van der Waals surface area contributed by atoms with Crippen LogP contribution in [0.25, 0.3) is 0 Å². The Morgan fingerprint density at radius 2 is 2.13 bits per heavy atom. The summed E-state index contributed by atoms with van der Waals surface area (Å²) < 4.78 is 6.35. The van der Waals surface area contributed by atoms with E-state index in [0.29, 0.717) is 19.4 Å². The lowest BCUT2D eigenvalue weighted by Gasteiger charge is -2.07. The third-order valence-electron chi connectivity index (χ3n) is 2.11. The number of hydrogen-bond acceptors (Lipinski definition) is 2. The summed E-state index contributed by atoms with van der Waals surface area (Å²) in [5, 5.41) is 0. The Morgan fingerprint density at radius 3 is 2.73 bits per heavy atom. The van der Waals surface area contributed by atoms with Crippen LogP contribution in [0.2, 0.25) is 0 Å². The Bertz CT molecular complexity index is 347. The second-order valence-electron chi connectivity index (χ2n) is 3.26. The van der Waals surface area contributed by atoms with Crippen molar-refractivity contribution in [1.82, 2.24) is 0 Å². The maximum atomic E-state index is 11.3. The minimum Gasteiger partial charge on any atom is -0.494 e. The molecule has 0 saturated heterocycles. The summed E-state index contributed by atoms with van der Waals surface area (Å²) in [5.74, 6) is 1.06. The zero-order chi connectivity index (χ0) is 11.3. The molecule has 1 aromatic rings. The number of rotatable bonds is 5. The molecule has 0 aliphatic rings. The van der Waals surface area contributed by atoms with Gasteiger partial charge in [-0.15, -0.1) is 0 Å². The minimum absolute atomic E-state index is 0.240. The van der Waals surface area contributed by atoms with Crippen molar-refractivity contribution in [2.75, 3.05) is 6.61 Å². The largest absolute Gasteiger partial charge is 0.494 e. The smallest absolute Gasteiger partial charge is 0.137 e. The topological polar surface area (TPSA) is 26.3 Å². The minimum atomic E-state index is 0.240. The van der Waals surface area contributed by atoms with Gasteiger partial charge in [0.15, 0.2) is 0 Å². The Balaban J connectivity index is 2.85. The molecule has 0 fully saturated rings. The van der Waals surface area contributed by atoms with Gasteiger partial charge in [-0.2, -0.15) is 0 Å². The zero-order valence-electron chi connectivity index (χ0n) is 9.05. The van der Waals surface area contributed by atoms with Crippen LogP contribution in [0.1, 0.15) is 25.8 Å². The van der Waals surface area contributed by atoms with E-state index in [1.54, 1.807) is 0 Å². The summed E-state index contributed by atoms with van der Waals surface area (Å²) in [4.78, 5) is 11.3. The molecule has 1 rings (SSSR count). The van der Waals surface area contributed by atoms with Gasteiger partial charge < -0.3 is 4.74 Å². The van der Waals surface area contributed by atoms with E-state index in [-0.39, 0.29) is 5.78 Å². The van der Waals surface area contributed by atoms with E-state index >= 15 is 0 Å². The second-order valence-corrected chi connectivity index (χ2v) is 4.11. The molecule has 0 amide bonds. The van der Waals surface area contributed by atoms with E-state index in [1.165, 1.54) is 0 Å². The van der Waals surface area contributed by atoms with Crippen molar-refractivity contribution in [3.8, 4) is 5.75 Å². The van der Waals surface area contributed by atoms with Crippen molar-refractivity contribution in [1.29, 1.82) is 0 Å². The SMILES string of the molecule is CCOc1ccc(Br)c(CC(=O)CC)c1. The predicted molar refractivity (Wildman–Crippen MR) is 64.3 cm³/mol. The number of hydrogen-bond donors (Lipinski definition) is 0. The van der Waals surface area contributed by atoms with Crippen molar-refractivity contribution in [3.05, 3.63) is 28.2 Å². The van der Waals surface area contributed by atoms with Crippen LogP contribution in [0.4, 0.5) is 0 Å². The lowest BCUT2D eigenvalue weighted by Crippen LogP contribution is -2.02. The van der Waals surface area contributed by atoms with Gasteiger partial charge in [0.1, 0.15) is 11.5 Å². The standard InChI is InChI=1S/C12H15BrO2/c1-3-10(14)7-9-8-11(15-4-2)5-6-12(9)13/h5-6,8H,3-4,7H2,1-2H3. The summed E-state index contributed by atoms with van der Waals surface area (Å²) in [6.45, 7) is 4.46. The first kappa shape index (κ1) is 12.2. The van der Waals surface area contributed by atoms with E-state index in [4.69, 9.17) is 4.74 Å². The highest BCUT2D eigenvalue weighted by Crippen LogP contribution is 2.23. The number of carbonyl (C=O) groups excluding carboxylic acids is 1. The number of ether oxygens (including phenoxy) is 1. The van der Waals surface area contributed by atoms with Gasteiger partial charge in [-0.25, -0.2) is 0 Å². The summed E-state index contributed by atoms with van der Waals surface area (Å²) >= 11 is 3.43. The summed E-state index contributed by atoms with van der Waals surface area (Å²) in [6.07, 6.45) is 1.04. The number of Topliss-reactive ketones (excluding diaryl/α,β-unsaturated/α-hetero) is 1. The van der Waals surface area contributed by atoms with Crippen molar-refractivity contribution in [2.45, 2.75) is 26.7 Å². The Labute approximate surface area is 98.8 Å². The van der Waals surface area contributed by atoms with Gasteiger partial charge >= 0.3 is 0 Å². The first-order valence-electron chi connectivity index (χ1n) is 5.10. The first-order chi connectivity index (χ1) is 7.17. The molecule has 0 spiro atoms. The lowest BCUT2D eigenvalue weighted by atomic mass is 10.1. The molecular weight excluding hydrogens is 256 g/mol. The predicted octanol–water partition coefficient (Wildman–Crippen LogP) is 3.37. The Hall–Kier alpha value is -0.830. The molecule has 0 aliphatic heterocycles. The molecule has 0 atom stereocenters. The fraction of sp³-hybridized carbons (Fsp3) is 0.417. The Kier molecular flexibility index (Phi) is 4.82. The van der Waals surface area contributed by atoms with E-state index in [0.717, 1.165) is 15.8 Å². The number of halogens is 1. The fourth-order valence-electron chi connectivity index (χ4n) is 1.28. The quantitative estimate of drug-likeness (QED) is 0.820. The number of benzene rings is 1. The molecular formula is C12H15BrO2. The lowest BCUT2D eigenvalue weighted by molar-refractivity contribution is -0.118. The van der Waals surface area contributed by atoms with E-state index in [2.05, 4.69) is 15.9 Å². The van der Waals surface area contributed by atoms with Crippen LogP contribution >= 0.6 is 15.9 Å². The molecule has 3 heteroatoms. The molecule has 82 valence electrons. The molecule has 0 N–H and O–H groups in total. The normalized spacial score (nSPS) is 10.1. The molecule has 0 saturated carbocycles. The maximum Gasteiger partial charge on any atom is 0.137 e. The molecule has 0 aromatic heterocycles. The highest BCUT2D eigenvalue weighted by molar-refractivity contribution is 9.10. The molecule has 0 radical (unpaired) electrons. The van der Waals surface area contributed by atoms with Crippen molar-refractivity contribution in [3.63, 3.8) is 0 Å². The van der Waals surface area contributed by atoms with Crippen LogP contribution in [-0.4, -0.2) is 12.4 Å². The van der Waals surface area contributed by atoms with Crippen LogP contribution in [-0.2, 0) is 11.2 Å². The highest BCUT2D eigenvalue weighted by Gasteiger charge is 2.06. The average molecular weight is 271 g/mol. The van der Waals surface area contributed by atoms with Gasteiger partial charge in [-0.1, -0.05) is 22.9 Å². The van der Waals surface area contributed by atoms with Crippen LogP contribution in [0, 0.1) is 0 Å². The fourth-order valence-corrected chi connectivity index (χ4v) is 1.67.